The van der Waals surface area contributed by atoms with Crippen LogP contribution in [-0.2, 0) is 15.3 Å². The number of benzene rings is 2. The Morgan fingerprint density at radius 3 is 2.14 bits per heavy atom. The quantitative estimate of drug-likeness (QED) is 0.482. The van der Waals surface area contributed by atoms with E-state index in [1.165, 1.54) is 7.11 Å². The number of hydrogen-bond acceptors (Lipinski definition) is 5. The highest BCUT2D eigenvalue weighted by Crippen LogP contribution is 2.16. The predicted molar refractivity (Wildman–Crippen MR) is 84.9 cm³/mol. The molecule has 0 N–H and O–H groups in total. The number of esters is 1. The van der Waals surface area contributed by atoms with Crippen molar-refractivity contribution in [1.29, 1.82) is 0 Å². The van der Waals surface area contributed by atoms with Gasteiger partial charge in [-0.25, -0.2) is 4.79 Å². The Morgan fingerprint density at radius 2 is 1.55 bits per heavy atom. The third-order valence-corrected chi connectivity index (χ3v) is 3.89. The smallest absolute Gasteiger partial charge is 0.337 e. The molecule has 0 saturated carbocycles. The van der Waals surface area contributed by atoms with Crippen molar-refractivity contribution in [2.24, 2.45) is 0 Å². The number of rotatable bonds is 5. The lowest BCUT2D eigenvalue weighted by Gasteiger charge is -2.03. The first-order chi connectivity index (χ1) is 10.6. The topological polar surface area (TPSA) is 60.4 Å². The monoisotopic (exact) mass is 314 g/mol. The van der Waals surface area contributed by atoms with Crippen LogP contribution in [0.5, 0.6) is 0 Å². The Kier molecular flexibility index (Phi) is 5.49. The summed E-state index contributed by atoms with van der Waals surface area (Å²) < 4.78 is 4.61. The molecule has 0 aliphatic heterocycles. The fourth-order valence-electron chi connectivity index (χ4n) is 1.78. The van der Waals surface area contributed by atoms with E-state index in [0.29, 0.717) is 16.9 Å². The summed E-state index contributed by atoms with van der Waals surface area (Å²) in [5, 5.41) is -0.497. The second-order valence-corrected chi connectivity index (χ2v) is 5.41. The average molecular weight is 314 g/mol. The van der Waals surface area contributed by atoms with E-state index in [-0.39, 0.29) is 0 Å². The average Bonchev–Trinajstić information content (AvgIpc) is 2.59. The summed E-state index contributed by atoms with van der Waals surface area (Å²) in [6.45, 7) is 0. The van der Waals surface area contributed by atoms with Gasteiger partial charge in [0, 0.05) is 11.3 Å². The SMILES string of the molecule is COC(=O)c1ccc(CSC(=O)C(=O)c2ccccc2)cc1. The zero-order chi connectivity index (χ0) is 15.9. The minimum Gasteiger partial charge on any atom is -0.465 e. The van der Waals surface area contributed by atoms with Crippen LogP contribution >= 0.6 is 11.8 Å². The molecule has 112 valence electrons. The molecule has 0 radical (unpaired) electrons. The van der Waals surface area contributed by atoms with E-state index in [2.05, 4.69) is 4.74 Å². The molecule has 0 aromatic heterocycles. The summed E-state index contributed by atoms with van der Waals surface area (Å²) in [5.74, 6) is -0.537. The summed E-state index contributed by atoms with van der Waals surface area (Å²) in [5.41, 5.74) is 1.69. The number of Topliss-reactive ketones (excluding diaryl/α,β-unsaturated/α-hetero) is 1. The van der Waals surface area contributed by atoms with Crippen LogP contribution in [0.25, 0.3) is 0 Å². The van der Waals surface area contributed by atoms with E-state index in [4.69, 9.17) is 0 Å². The molecule has 2 aromatic carbocycles. The van der Waals surface area contributed by atoms with E-state index in [9.17, 15) is 14.4 Å². The van der Waals surface area contributed by atoms with Gasteiger partial charge in [-0.2, -0.15) is 0 Å². The Balaban J connectivity index is 1.94. The summed E-state index contributed by atoms with van der Waals surface area (Å²) >= 11 is 0.948. The van der Waals surface area contributed by atoms with Gasteiger partial charge in [0.25, 0.3) is 5.12 Å². The highest BCUT2D eigenvalue weighted by atomic mass is 32.2. The van der Waals surface area contributed by atoms with Crippen LogP contribution in [0.15, 0.2) is 54.6 Å². The predicted octanol–water partition coefficient (Wildman–Crippen LogP) is 3.12. The minimum atomic E-state index is -0.503. The van der Waals surface area contributed by atoms with E-state index in [0.717, 1.165) is 17.3 Å². The number of hydrogen-bond donors (Lipinski definition) is 0. The molecule has 0 saturated heterocycles. The van der Waals surface area contributed by atoms with Crippen molar-refractivity contribution in [2.75, 3.05) is 7.11 Å². The van der Waals surface area contributed by atoms with Crippen LogP contribution in [0.2, 0.25) is 0 Å². The third kappa shape index (κ3) is 4.05. The molecule has 0 spiro atoms. The van der Waals surface area contributed by atoms with E-state index in [1.807, 2.05) is 0 Å². The molecule has 0 unspecified atom stereocenters. The molecule has 0 fully saturated rings. The van der Waals surface area contributed by atoms with Crippen molar-refractivity contribution in [1.82, 2.24) is 0 Å². The first-order valence-electron chi connectivity index (χ1n) is 6.55. The molecule has 4 nitrogen and oxygen atoms in total. The van der Waals surface area contributed by atoms with Crippen LogP contribution in [0, 0.1) is 0 Å². The zero-order valence-corrected chi connectivity index (χ0v) is 12.8. The van der Waals surface area contributed by atoms with Gasteiger partial charge in [-0.15, -0.1) is 0 Å². The van der Waals surface area contributed by atoms with Gasteiger partial charge in [0.15, 0.2) is 0 Å². The van der Waals surface area contributed by atoms with Gasteiger partial charge in [0.1, 0.15) is 0 Å². The van der Waals surface area contributed by atoms with Gasteiger partial charge >= 0.3 is 5.97 Å². The van der Waals surface area contributed by atoms with Crippen molar-refractivity contribution in [3.05, 3.63) is 71.3 Å². The molecule has 22 heavy (non-hydrogen) atoms. The standard InChI is InChI=1S/C17H14O4S/c1-21-16(19)14-9-7-12(8-10-14)11-22-17(20)15(18)13-5-3-2-4-6-13/h2-10H,11H2,1H3. The van der Waals surface area contributed by atoms with Gasteiger partial charge in [-0.1, -0.05) is 54.2 Å². The molecule has 0 bridgehead atoms. The lowest BCUT2D eigenvalue weighted by molar-refractivity contribution is -0.107. The Morgan fingerprint density at radius 1 is 0.909 bits per heavy atom. The van der Waals surface area contributed by atoms with Crippen LogP contribution in [0.4, 0.5) is 0 Å². The van der Waals surface area contributed by atoms with Crippen molar-refractivity contribution >= 4 is 28.6 Å². The minimum absolute atomic E-state index is 0.374. The molecule has 2 aromatic rings. The maximum atomic E-state index is 11.9. The zero-order valence-electron chi connectivity index (χ0n) is 11.9. The molecule has 0 aliphatic rings. The molecule has 0 heterocycles. The maximum Gasteiger partial charge on any atom is 0.337 e. The normalized spacial score (nSPS) is 10.0. The molecular weight excluding hydrogens is 300 g/mol. The van der Waals surface area contributed by atoms with Crippen LogP contribution in [-0.4, -0.2) is 24.0 Å². The van der Waals surface area contributed by atoms with Gasteiger partial charge in [-0.05, 0) is 17.7 Å². The first-order valence-corrected chi connectivity index (χ1v) is 7.54. The largest absolute Gasteiger partial charge is 0.465 e. The van der Waals surface area contributed by atoms with E-state index < -0.39 is 16.9 Å². The van der Waals surface area contributed by atoms with Gasteiger partial charge in [-0.3, -0.25) is 9.59 Å². The van der Waals surface area contributed by atoms with Crippen LogP contribution in [0.3, 0.4) is 0 Å². The highest BCUT2D eigenvalue weighted by Gasteiger charge is 2.16. The van der Waals surface area contributed by atoms with Crippen molar-refractivity contribution in [2.45, 2.75) is 5.75 Å². The third-order valence-electron chi connectivity index (χ3n) is 2.97. The number of methoxy groups -OCH3 is 1. The maximum absolute atomic E-state index is 11.9. The Hall–Kier alpha value is -2.40. The summed E-state index contributed by atoms with van der Waals surface area (Å²) in [6, 6.07) is 15.2. The molecule has 0 amide bonds. The molecule has 2 rings (SSSR count). The molecule has 5 heteroatoms. The van der Waals surface area contributed by atoms with Crippen LogP contribution in [0.1, 0.15) is 26.3 Å². The number of carbonyl (C=O) groups is 3. The summed E-state index contributed by atoms with van der Waals surface area (Å²) in [7, 11) is 1.32. The Labute approximate surface area is 132 Å². The number of ketones is 1. The van der Waals surface area contributed by atoms with Crippen molar-refractivity contribution < 1.29 is 19.1 Å². The van der Waals surface area contributed by atoms with E-state index >= 15 is 0 Å². The van der Waals surface area contributed by atoms with Crippen molar-refractivity contribution in [3.8, 4) is 0 Å². The second kappa shape index (κ2) is 7.56. The second-order valence-electron chi connectivity index (χ2n) is 4.46. The highest BCUT2D eigenvalue weighted by molar-refractivity contribution is 8.14. The van der Waals surface area contributed by atoms with Gasteiger partial charge in [0.05, 0.1) is 12.7 Å². The van der Waals surface area contributed by atoms with Gasteiger partial charge in [0.2, 0.25) is 5.78 Å². The van der Waals surface area contributed by atoms with Gasteiger partial charge < -0.3 is 4.74 Å². The van der Waals surface area contributed by atoms with Crippen LogP contribution < -0.4 is 0 Å². The number of thioether (sulfide) groups is 1. The summed E-state index contributed by atoms with van der Waals surface area (Å²) in [4.78, 5) is 35.1. The fraction of sp³-hybridized carbons (Fsp3) is 0.118. The lowest BCUT2D eigenvalue weighted by Crippen LogP contribution is -2.10. The van der Waals surface area contributed by atoms with E-state index in [1.54, 1.807) is 54.6 Å². The molecule has 0 atom stereocenters. The molecule has 0 aliphatic carbocycles. The number of ether oxygens (including phenoxy) is 1. The van der Waals surface area contributed by atoms with Crippen molar-refractivity contribution in [3.63, 3.8) is 0 Å². The lowest BCUT2D eigenvalue weighted by atomic mass is 10.1. The summed E-state index contributed by atoms with van der Waals surface area (Å²) in [6.07, 6.45) is 0. The number of carbonyl (C=O) groups excluding carboxylic acids is 3. The fourth-order valence-corrected chi connectivity index (χ4v) is 2.52. The molecular formula is C17H14O4S. The first kappa shape index (κ1) is 16.0. The Bertz CT molecular complexity index is 678.